The SMILES string of the molecule is CCN(CC(=O)Nc1ccc(C(N)=O)cc1)c1cccc2ccccc12. The summed E-state index contributed by atoms with van der Waals surface area (Å²) in [5, 5.41) is 5.12. The number of nitrogens with two attached hydrogens (primary N) is 1. The number of primary amides is 1. The van der Waals surface area contributed by atoms with Crippen LogP contribution in [0.15, 0.2) is 66.7 Å². The van der Waals surface area contributed by atoms with E-state index in [0.29, 0.717) is 17.8 Å². The Labute approximate surface area is 152 Å². The molecule has 3 N–H and O–H groups in total. The summed E-state index contributed by atoms with van der Waals surface area (Å²) in [6, 6.07) is 20.8. The van der Waals surface area contributed by atoms with Crippen molar-refractivity contribution in [2.45, 2.75) is 6.92 Å². The second-order valence-corrected chi connectivity index (χ2v) is 6.00. The van der Waals surface area contributed by atoms with Gasteiger partial charge in [-0.3, -0.25) is 9.59 Å². The lowest BCUT2D eigenvalue weighted by Crippen LogP contribution is -2.33. The molecular formula is C21H21N3O2. The van der Waals surface area contributed by atoms with E-state index in [1.54, 1.807) is 24.3 Å². The van der Waals surface area contributed by atoms with Gasteiger partial charge in [-0.2, -0.15) is 0 Å². The van der Waals surface area contributed by atoms with E-state index in [1.807, 2.05) is 36.1 Å². The Hall–Kier alpha value is -3.34. The summed E-state index contributed by atoms with van der Waals surface area (Å²) in [5.74, 6) is -0.609. The molecule has 0 saturated carbocycles. The molecule has 5 heteroatoms. The number of carbonyl (C=O) groups is 2. The predicted molar refractivity (Wildman–Crippen MR) is 105 cm³/mol. The van der Waals surface area contributed by atoms with Crippen LogP contribution >= 0.6 is 0 Å². The van der Waals surface area contributed by atoms with E-state index in [4.69, 9.17) is 5.73 Å². The molecule has 132 valence electrons. The number of fused-ring (bicyclic) bond motifs is 1. The monoisotopic (exact) mass is 347 g/mol. The average Bonchev–Trinajstić information content (AvgIpc) is 2.66. The summed E-state index contributed by atoms with van der Waals surface area (Å²) in [6.07, 6.45) is 0. The molecule has 3 aromatic rings. The fourth-order valence-corrected chi connectivity index (χ4v) is 2.94. The number of benzene rings is 3. The van der Waals surface area contributed by atoms with Crippen LogP contribution in [0.1, 0.15) is 17.3 Å². The van der Waals surface area contributed by atoms with Crippen molar-refractivity contribution in [2.24, 2.45) is 5.73 Å². The molecule has 3 aromatic carbocycles. The van der Waals surface area contributed by atoms with Gasteiger partial charge in [-0.25, -0.2) is 0 Å². The topological polar surface area (TPSA) is 75.4 Å². The van der Waals surface area contributed by atoms with Crippen LogP contribution in [-0.4, -0.2) is 24.9 Å². The summed E-state index contributed by atoms with van der Waals surface area (Å²) >= 11 is 0. The van der Waals surface area contributed by atoms with Crippen molar-refractivity contribution in [3.8, 4) is 0 Å². The van der Waals surface area contributed by atoms with E-state index in [9.17, 15) is 9.59 Å². The van der Waals surface area contributed by atoms with Gasteiger partial charge in [-0.1, -0.05) is 36.4 Å². The highest BCUT2D eigenvalue weighted by Gasteiger charge is 2.13. The molecule has 0 spiro atoms. The number of carbonyl (C=O) groups excluding carboxylic acids is 2. The molecule has 0 fully saturated rings. The first-order chi connectivity index (χ1) is 12.6. The highest BCUT2D eigenvalue weighted by Crippen LogP contribution is 2.26. The Kier molecular flexibility index (Phi) is 5.17. The van der Waals surface area contributed by atoms with Crippen LogP contribution in [0.2, 0.25) is 0 Å². The molecule has 0 aromatic heterocycles. The summed E-state index contributed by atoms with van der Waals surface area (Å²) in [6.45, 7) is 2.97. The molecule has 0 aliphatic rings. The molecule has 0 radical (unpaired) electrons. The van der Waals surface area contributed by atoms with Crippen molar-refractivity contribution >= 4 is 34.0 Å². The van der Waals surface area contributed by atoms with Gasteiger partial charge in [0.25, 0.3) is 0 Å². The molecule has 0 atom stereocenters. The highest BCUT2D eigenvalue weighted by molar-refractivity contribution is 5.99. The van der Waals surface area contributed by atoms with E-state index < -0.39 is 5.91 Å². The summed E-state index contributed by atoms with van der Waals surface area (Å²) in [7, 11) is 0. The average molecular weight is 347 g/mol. The van der Waals surface area contributed by atoms with Crippen molar-refractivity contribution in [2.75, 3.05) is 23.3 Å². The molecule has 0 heterocycles. The van der Waals surface area contributed by atoms with Crippen LogP contribution in [0.25, 0.3) is 10.8 Å². The van der Waals surface area contributed by atoms with Gasteiger partial charge in [0.05, 0.1) is 6.54 Å². The number of nitrogens with zero attached hydrogens (tertiary/aromatic N) is 1. The Balaban J connectivity index is 1.75. The standard InChI is InChI=1S/C21H21N3O2/c1-2-24(19-9-5-7-15-6-3-4-8-18(15)19)14-20(25)23-17-12-10-16(11-13-17)21(22)26/h3-13H,2,14H2,1H3,(H2,22,26)(H,23,25). The van der Waals surface area contributed by atoms with Crippen molar-refractivity contribution in [3.05, 3.63) is 72.3 Å². The van der Waals surface area contributed by atoms with E-state index >= 15 is 0 Å². The molecule has 0 unspecified atom stereocenters. The van der Waals surface area contributed by atoms with Gasteiger partial charge < -0.3 is 16.0 Å². The quantitative estimate of drug-likeness (QED) is 0.717. The number of anilines is 2. The maximum absolute atomic E-state index is 12.5. The predicted octanol–water partition coefficient (Wildman–Crippen LogP) is 3.40. The molecule has 0 bridgehead atoms. The maximum atomic E-state index is 12.5. The summed E-state index contributed by atoms with van der Waals surface area (Å²) in [4.78, 5) is 25.6. The van der Waals surface area contributed by atoms with E-state index in [2.05, 4.69) is 23.5 Å². The van der Waals surface area contributed by atoms with Crippen molar-refractivity contribution in [3.63, 3.8) is 0 Å². The lowest BCUT2D eigenvalue weighted by atomic mass is 10.1. The van der Waals surface area contributed by atoms with Gasteiger partial charge in [0.1, 0.15) is 0 Å². The summed E-state index contributed by atoms with van der Waals surface area (Å²) < 4.78 is 0. The third kappa shape index (κ3) is 3.83. The molecule has 0 aliphatic heterocycles. The van der Waals surface area contributed by atoms with Gasteiger partial charge in [-0.05, 0) is 42.6 Å². The number of likely N-dealkylation sites (N-methyl/N-ethyl adjacent to an activating group) is 1. The second-order valence-electron chi connectivity index (χ2n) is 6.00. The van der Waals surface area contributed by atoms with E-state index in [0.717, 1.165) is 16.5 Å². The first kappa shape index (κ1) is 17.5. The first-order valence-electron chi connectivity index (χ1n) is 8.51. The van der Waals surface area contributed by atoms with Gasteiger partial charge in [0.2, 0.25) is 11.8 Å². The second kappa shape index (κ2) is 7.70. The largest absolute Gasteiger partial charge is 0.366 e. The first-order valence-corrected chi connectivity index (χ1v) is 8.51. The van der Waals surface area contributed by atoms with Crippen molar-refractivity contribution < 1.29 is 9.59 Å². The molecule has 2 amide bonds. The molecular weight excluding hydrogens is 326 g/mol. The van der Waals surface area contributed by atoms with Crippen LogP contribution in [0, 0.1) is 0 Å². The molecule has 0 aliphatic carbocycles. The third-order valence-electron chi connectivity index (χ3n) is 4.28. The zero-order valence-electron chi connectivity index (χ0n) is 14.6. The number of nitrogens with one attached hydrogen (secondary N) is 1. The minimum atomic E-state index is -0.490. The van der Waals surface area contributed by atoms with Crippen molar-refractivity contribution in [1.82, 2.24) is 0 Å². The van der Waals surface area contributed by atoms with E-state index in [-0.39, 0.29) is 12.5 Å². The number of amides is 2. The normalized spacial score (nSPS) is 10.5. The van der Waals surface area contributed by atoms with Gasteiger partial charge in [-0.15, -0.1) is 0 Å². The minimum absolute atomic E-state index is 0.119. The van der Waals surface area contributed by atoms with Crippen LogP contribution < -0.4 is 16.0 Å². The molecule has 5 nitrogen and oxygen atoms in total. The Morgan fingerprint density at radius 1 is 0.962 bits per heavy atom. The molecule has 3 rings (SSSR count). The fourth-order valence-electron chi connectivity index (χ4n) is 2.94. The third-order valence-corrected chi connectivity index (χ3v) is 4.28. The fraction of sp³-hybridized carbons (Fsp3) is 0.143. The van der Waals surface area contributed by atoms with Gasteiger partial charge in [0.15, 0.2) is 0 Å². The van der Waals surface area contributed by atoms with Crippen LogP contribution in [0.5, 0.6) is 0 Å². The summed E-state index contributed by atoms with van der Waals surface area (Å²) in [5.41, 5.74) is 7.30. The zero-order valence-corrected chi connectivity index (χ0v) is 14.6. The Bertz CT molecular complexity index is 930. The van der Waals surface area contributed by atoms with Crippen LogP contribution in [0.3, 0.4) is 0 Å². The maximum Gasteiger partial charge on any atom is 0.248 e. The molecule has 26 heavy (non-hydrogen) atoms. The Morgan fingerprint density at radius 3 is 2.35 bits per heavy atom. The number of hydrogen-bond acceptors (Lipinski definition) is 3. The lowest BCUT2D eigenvalue weighted by molar-refractivity contribution is -0.115. The molecule has 0 saturated heterocycles. The number of rotatable bonds is 6. The van der Waals surface area contributed by atoms with Crippen molar-refractivity contribution in [1.29, 1.82) is 0 Å². The zero-order chi connectivity index (χ0) is 18.5. The van der Waals surface area contributed by atoms with Crippen LogP contribution in [-0.2, 0) is 4.79 Å². The smallest absolute Gasteiger partial charge is 0.248 e. The van der Waals surface area contributed by atoms with Crippen LogP contribution in [0.4, 0.5) is 11.4 Å². The van der Waals surface area contributed by atoms with Gasteiger partial charge in [0, 0.05) is 28.9 Å². The lowest BCUT2D eigenvalue weighted by Gasteiger charge is -2.24. The highest BCUT2D eigenvalue weighted by atomic mass is 16.2. The van der Waals surface area contributed by atoms with Gasteiger partial charge >= 0.3 is 0 Å². The van der Waals surface area contributed by atoms with E-state index in [1.165, 1.54) is 0 Å². The minimum Gasteiger partial charge on any atom is -0.366 e. The Morgan fingerprint density at radius 2 is 1.65 bits per heavy atom. The number of hydrogen-bond donors (Lipinski definition) is 2.